The summed E-state index contributed by atoms with van der Waals surface area (Å²) >= 11 is 0. The lowest BCUT2D eigenvalue weighted by atomic mass is 9.75. The van der Waals surface area contributed by atoms with Gasteiger partial charge in [-0.1, -0.05) is 13.3 Å². The first-order chi connectivity index (χ1) is 8.60. The molecule has 0 saturated heterocycles. The molecule has 3 unspecified atom stereocenters. The minimum absolute atomic E-state index is 0.121. The van der Waals surface area contributed by atoms with Crippen molar-refractivity contribution in [2.45, 2.75) is 45.1 Å². The van der Waals surface area contributed by atoms with Gasteiger partial charge in [0, 0.05) is 6.04 Å². The Balaban J connectivity index is 2.09. The van der Waals surface area contributed by atoms with Crippen LogP contribution in [0.15, 0.2) is 18.2 Å². The Labute approximate surface area is 107 Å². The third-order valence-corrected chi connectivity index (χ3v) is 4.22. The third kappa shape index (κ3) is 3.08. The van der Waals surface area contributed by atoms with Gasteiger partial charge in [-0.05, 0) is 61.3 Å². The fourth-order valence-electron chi connectivity index (χ4n) is 2.97. The summed E-state index contributed by atoms with van der Waals surface area (Å²) in [5.74, 6) is 0.275. The van der Waals surface area contributed by atoms with Crippen LogP contribution in [0.4, 0.5) is 8.78 Å². The monoisotopic (exact) mass is 253 g/mol. The normalized spacial score (nSPS) is 28.3. The maximum absolute atomic E-state index is 13.6. The largest absolute Gasteiger partial charge is 0.327 e. The summed E-state index contributed by atoms with van der Waals surface area (Å²) in [5, 5.41) is 0. The molecule has 1 nitrogen and oxygen atoms in total. The molecule has 0 aromatic heterocycles. The van der Waals surface area contributed by atoms with Crippen LogP contribution in [0.25, 0.3) is 0 Å². The summed E-state index contributed by atoms with van der Waals surface area (Å²) in [4.78, 5) is 0. The molecule has 2 rings (SSSR count). The lowest BCUT2D eigenvalue weighted by molar-refractivity contribution is 0.225. The maximum Gasteiger partial charge on any atom is 0.126 e. The first-order valence-corrected chi connectivity index (χ1v) is 6.79. The Hall–Kier alpha value is -0.960. The lowest BCUT2D eigenvalue weighted by Crippen LogP contribution is -2.37. The van der Waals surface area contributed by atoms with Crippen molar-refractivity contribution in [3.8, 4) is 0 Å². The van der Waals surface area contributed by atoms with Gasteiger partial charge in [0.15, 0.2) is 0 Å². The zero-order valence-electron chi connectivity index (χ0n) is 10.8. The zero-order chi connectivity index (χ0) is 13.1. The number of rotatable bonds is 3. The van der Waals surface area contributed by atoms with Gasteiger partial charge in [-0.2, -0.15) is 0 Å². The smallest absolute Gasteiger partial charge is 0.126 e. The van der Waals surface area contributed by atoms with Crippen molar-refractivity contribution in [3.05, 3.63) is 35.4 Å². The molecule has 3 heteroatoms. The van der Waals surface area contributed by atoms with Crippen LogP contribution in [0, 0.1) is 23.5 Å². The van der Waals surface area contributed by atoms with E-state index < -0.39 is 0 Å². The van der Waals surface area contributed by atoms with Crippen molar-refractivity contribution >= 4 is 0 Å². The second kappa shape index (κ2) is 5.79. The van der Waals surface area contributed by atoms with Gasteiger partial charge in [0.05, 0.1) is 0 Å². The van der Waals surface area contributed by atoms with Gasteiger partial charge in [-0.3, -0.25) is 0 Å². The van der Waals surface area contributed by atoms with Crippen LogP contribution in [0.5, 0.6) is 0 Å². The van der Waals surface area contributed by atoms with Gasteiger partial charge in [0.2, 0.25) is 0 Å². The van der Waals surface area contributed by atoms with Crippen LogP contribution in [-0.4, -0.2) is 6.04 Å². The Morgan fingerprint density at radius 3 is 2.78 bits per heavy atom. The molecule has 0 radical (unpaired) electrons. The number of hydrogen-bond donors (Lipinski definition) is 1. The molecule has 0 aliphatic heterocycles. The highest BCUT2D eigenvalue weighted by molar-refractivity contribution is 5.19. The van der Waals surface area contributed by atoms with Crippen LogP contribution in [-0.2, 0) is 6.42 Å². The molecular formula is C15H21F2N. The van der Waals surface area contributed by atoms with Crippen LogP contribution in [0.3, 0.4) is 0 Å². The van der Waals surface area contributed by atoms with Gasteiger partial charge in [-0.15, -0.1) is 0 Å². The predicted octanol–water partition coefficient (Wildman–Crippen LogP) is 3.66. The molecule has 0 amide bonds. The van der Waals surface area contributed by atoms with Crippen molar-refractivity contribution in [1.82, 2.24) is 0 Å². The molecule has 2 N–H and O–H groups in total. The van der Waals surface area contributed by atoms with Crippen molar-refractivity contribution in [3.63, 3.8) is 0 Å². The highest BCUT2D eigenvalue weighted by Crippen LogP contribution is 2.32. The van der Waals surface area contributed by atoms with Gasteiger partial charge >= 0.3 is 0 Å². The summed E-state index contributed by atoms with van der Waals surface area (Å²) < 4.78 is 26.8. The summed E-state index contributed by atoms with van der Waals surface area (Å²) in [6.07, 6.45) is 4.91. The van der Waals surface area contributed by atoms with E-state index in [1.807, 2.05) is 0 Å². The Morgan fingerprint density at radius 1 is 1.28 bits per heavy atom. The molecule has 0 spiro atoms. The molecule has 1 aromatic rings. The fraction of sp³-hybridized carbons (Fsp3) is 0.600. The van der Waals surface area contributed by atoms with Crippen LogP contribution in [0.2, 0.25) is 0 Å². The maximum atomic E-state index is 13.6. The molecule has 100 valence electrons. The van der Waals surface area contributed by atoms with E-state index in [2.05, 4.69) is 6.92 Å². The van der Waals surface area contributed by atoms with E-state index in [9.17, 15) is 8.78 Å². The second-order valence-corrected chi connectivity index (χ2v) is 5.45. The first-order valence-electron chi connectivity index (χ1n) is 6.79. The molecule has 3 atom stereocenters. The van der Waals surface area contributed by atoms with E-state index in [-0.39, 0.29) is 23.6 Å². The topological polar surface area (TPSA) is 26.0 Å². The quantitative estimate of drug-likeness (QED) is 0.874. The van der Waals surface area contributed by atoms with Crippen LogP contribution in [0.1, 0.15) is 38.2 Å². The van der Waals surface area contributed by atoms with Gasteiger partial charge in [0.1, 0.15) is 11.6 Å². The lowest BCUT2D eigenvalue weighted by Gasteiger charge is -2.34. The number of nitrogens with two attached hydrogens (primary N) is 1. The van der Waals surface area contributed by atoms with Gasteiger partial charge in [0.25, 0.3) is 0 Å². The van der Waals surface area contributed by atoms with E-state index in [4.69, 9.17) is 5.73 Å². The molecule has 1 aliphatic rings. The summed E-state index contributed by atoms with van der Waals surface area (Å²) in [5.41, 5.74) is 6.58. The van der Waals surface area contributed by atoms with Crippen LogP contribution < -0.4 is 5.73 Å². The molecule has 1 aromatic carbocycles. The second-order valence-electron chi connectivity index (χ2n) is 5.45. The van der Waals surface area contributed by atoms with Crippen molar-refractivity contribution < 1.29 is 8.78 Å². The number of halogens is 2. The van der Waals surface area contributed by atoms with Crippen molar-refractivity contribution in [2.75, 3.05) is 0 Å². The third-order valence-electron chi connectivity index (χ3n) is 4.22. The standard InChI is InChI=1S/C15H21F2N/c1-2-10-3-6-15(18)12(7-10)8-11-9-13(16)4-5-14(11)17/h4-5,9-10,12,15H,2-3,6-8,18H2,1H3. The SMILES string of the molecule is CCC1CCC(N)C(Cc2cc(F)ccc2F)C1. The Bertz CT molecular complexity index is 405. The van der Waals surface area contributed by atoms with E-state index in [1.54, 1.807) is 0 Å². The summed E-state index contributed by atoms with van der Waals surface area (Å²) in [7, 11) is 0. The molecule has 0 bridgehead atoms. The Kier molecular flexibility index (Phi) is 4.33. The highest BCUT2D eigenvalue weighted by atomic mass is 19.1. The zero-order valence-corrected chi connectivity index (χ0v) is 10.8. The molecule has 18 heavy (non-hydrogen) atoms. The van der Waals surface area contributed by atoms with E-state index in [1.165, 1.54) is 18.6 Å². The summed E-state index contributed by atoms with van der Waals surface area (Å²) in [6, 6.07) is 3.79. The average molecular weight is 253 g/mol. The molecule has 0 heterocycles. The Morgan fingerprint density at radius 2 is 2.06 bits per heavy atom. The fourth-order valence-corrected chi connectivity index (χ4v) is 2.97. The molecular weight excluding hydrogens is 232 g/mol. The predicted molar refractivity (Wildman–Crippen MR) is 69.2 cm³/mol. The average Bonchev–Trinajstić information content (AvgIpc) is 2.36. The van der Waals surface area contributed by atoms with Crippen LogP contribution >= 0.6 is 0 Å². The van der Waals surface area contributed by atoms with Crippen molar-refractivity contribution in [2.24, 2.45) is 17.6 Å². The minimum atomic E-state index is -0.372. The highest BCUT2D eigenvalue weighted by Gasteiger charge is 2.28. The van der Waals surface area contributed by atoms with E-state index in [0.29, 0.717) is 17.9 Å². The van der Waals surface area contributed by atoms with E-state index >= 15 is 0 Å². The summed E-state index contributed by atoms with van der Waals surface area (Å²) in [6.45, 7) is 2.18. The number of hydrogen-bond acceptors (Lipinski definition) is 1. The molecule has 1 aliphatic carbocycles. The van der Waals surface area contributed by atoms with Gasteiger partial charge in [-0.25, -0.2) is 8.78 Å². The van der Waals surface area contributed by atoms with E-state index in [0.717, 1.165) is 25.3 Å². The number of benzene rings is 1. The van der Waals surface area contributed by atoms with Crippen molar-refractivity contribution in [1.29, 1.82) is 0 Å². The first kappa shape index (κ1) is 13.5. The molecule has 1 fully saturated rings. The minimum Gasteiger partial charge on any atom is -0.327 e. The molecule has 1 saturated carbocycles. The van der Waals surface area contributed by atoms with Gasteiger partial charge < -0.3 is 5.73 Å².